The largest absolute Gasteiger partial charge is 0.465 e. The van der Waals surface area contributed by atoms with E-state index in [0.717, 1.165) is 12.8 Å². The van der Waals surface area contributed by atoms with Crippen LogP contribution in [0.5, 0.6) is 0 Å². The van der Waals surface area contributed by atoms with Gasteiger partial charge in [-0.3, -0.25) is 14.4 Å². The van der Waals surface area contributed by atoms with E-state index in [1.807, 2.05) is 57.2 Å². The molecule has 2 unspecified atom stereocenters. The first-order valence-electron chi connectivity index (χ1n) is 14.6. The quantitative estimate of drug-likeness (QED) is 0.211. The number of nitrogens with zero attached hydrogens (tertiary/aromatic N) is 2. The van der Waals surface area contributed by atoms with Crippen molar-refractivity contribution in [2.24, 2.45) is 11.8 Å². The molecule has 1 aromatic rings. The summed E-state index contributed by atoms with van der Waals surface area (Å²) in [7, 11) is 0. The Morgan fingerprint density at radius 3 is 2.52 bits per heavy atom. The summed E-state index contributed by atoms with van der Waals surface area (Å²) in [5.41, 5.74) is -1.34. The lowest BCUT2D eigenvalue weighted by Gasteiger charge is -2.40. The third kappa shape index (κ3) is 4.90. The van der Waals surface area contributed by atoms with Crippen LogP contribution in [0.15, 0.2) is 55.6 Å². The molecule has 3 saturated heterocycles. The van der Waals surface area contributed by atoms with Crippen LogP contribution in [0.3, 0.4) is 0 Å². The van der Waals surface area contributed by atoms with E-state index in [0.29, 0.717) is 37.8 Å². The van der Waals surface area contributed by atoms with Gasteiger partial charge in [-0.2, -0.15) is 0 Å². The topological polar surface area (TPSA) is 96.4 Å². The maximum absolute atomic E-state index is 14.5. The third-order valence-corrected chi connectivity index (χ3v) is 9.08. The van der Waals surface area contributed by atoms with Gasteiger partial charge in [0.1, 0.15) is 17.6 Å². The van der Waals surface area contributed by atoms with Crippen molar-refractivity contribution in [3.63, 3.8) is 0 Å². The Labute approximate surface area is 238 Å². The van der Waals surface area contributed by atoms with Gasteiger partial charge in [0.25, 0.3) is 0 Å². The number of allylic oxidation sites excluding steroid dienone is 1. The Morgan fingerprint density at radius 2 is 1.93 bits per heavy atom. The summed E-state index contributed by atoms with van der Waals surface area (Å²) in [5.74, 6) is -2.73. The van der Waals surface area contributed by atoms with Crippen LogP contribution in [0.1, 0.15) is 70.9 Å². The second kappa shape index (κ2) is 12.3. The molecule has 0 saturated carbocycles. The lowest BCUT2D eigenvalue weighted by Crippen LogP contribution is -2.58. The van der Waals surface area contributed by atoms with Gasteiger partial charge < -0.3 is 24.4 Å². The van der Waals surface area contributed by atoms with Crippen molar-refractivity contribution in [3.8, 4) is 0 Å². The summed E-state index contributed by atoms with van der Waals surface area (Å²) in [6.45, 7) is 13.6. The molecule has 3 heterocycles. The number of fused-ring (bicyclic) bond motifs is 1. The number of rotatable bonds is 14. The van der Waals surface area contributed by atoms with Gasteiger partial charge in [0, 0.05) is 12.6 Å². The van der Waals surface area contributed by atoms with Crippen molar-refractivity contribution in [3.05, 3.63) is 61.2 Å². The van der Waals surface area contributed by atoms with E-state index >= 15 is 0 Å². The van der Waals surface area contributed by atoms with Crippen LogP contribution in [-0.4, -0.2) is 75.7 Å². The van der Waals surface area contributed by atoms with E-state index in [1.165, 1.54) is 4.90 Å². The van der Waals surface area contributed by atoms with E-state index in [4.69, 9.17) is 9.47 Å². The Bertz CT molecular complexity index is 1110. The average Bonchev–Trinajstić information content (AvgIpc) is 3.56. The van der Waals surface area contributed by atoms with E-state index < -0.39 is 41.1 Å². The van der Waals surface area contributed by atoms with Crippen molar-refractivity contribution in [1.29, 1.82) is 0 Å². The fourth-order valence-corrected chi connectivity index (χ4v) is 7.16. The summed E-state index contributed by atoms with van der Waals surface area (Å²) in [6, 6.07) is 7.30. The number of hydrogen-bond donors (Lipinski definition) is 1. The average molecular weight is 553 g/mol. The number of carbonyl (C=O) groups excluding carboxylic acids is 3. The van der Waals surface area contributed by atoms with Gasteiger partial charge in [0.05, 0.1) is 30.8 Å². The molecule has 8 heteroatoms. The number of aliphatic hydroxyl groups excluding tert-OH is 1. The lowest BCUT2D eigenvalue weighted by molar-refractivity contribution is -0.164. The number of carbonyl (C=O) groups is 3. The van der Waals surface area contributed by atoms with Crippen molar-refractivity contribution in [1.82, 2.24) is 9.80 Å². The highest BCUT2D eigenvalue weighted by atomic mass is 16.6. The minimum absolute atomic E-state index is 0.155. The first-order chi connectivity index (χ1) is 19.2. The highest BCUT2D eigenvalue weighted by Crippen LogP contribution is 2.65. The zero-order chi connectivity index (χ0) is 29.1. The molecule has 3 fully saturated rings. The Balaban J connectivity index is 1.79. The van der Waals surface area contributed by atoms with E-state index in [-0.39, 0.29) is 31.1 Å². The molecule has 6 atom stereocenters. The number of amides is 2. The van der Waals surface area contributed by atoms with Gasteiger partial charge >= 0.3 is 5.97 Å². The monoisotopic (exact) mass is 552 g/mol. The van der Waals surface area contributed by atoms with Crippen LogP contribution in [-0.2, 0) is 23.9 Å². The molecule has 8 nitrogen and oxygen atoms in total. The summed E-state index contributed by atoms with van der Waals surface area (Å²) in [5, 5.41) is 10.6. The second-order valence-corrected chi connectivity index (χ2v) is 11.5. The SMILES string of the molecule is C=CCCCCOC(=O)[C@H]1[C@H]2C(=O)N([C@H](CO)c3ccccc3)C(C(=O)N(CC=C)C(C)C)C23CC[C@]1(CC)O3. The molecule has 1 aromatic carbocycles. The van der Waals surface area contributed by atoms with Crippen molar-refractivity contribution < 1.29 is 29.0 Å². The molecule has 2 amide bonds. The number of ether oxygens (including phenoxy) is 2. The van der Waals surface area contributed by atoms with Gasteiger partial charge in [0.2, 0.25) is 11.8 Å². The number of hydrogen-bond acceptors (Lipinski definition) is 6. The van der Waals surface area contributed by atoms with E-state index in [2.05, 4.69) is 13.2 Å². The predicted octanol–water partition coefficient (Wildman–Crippen LogP) is 4.20. The molecule has 40 heavy (non-hydrogen) atoms. The molecule has 218 valence electrons. The molecular formula is C32H44N2O6. The van der Waals surface area contributed by atoms with E-state index in [9.17, 15) is 19.5 Å². The van der Waals surface area contributed by atoms with Gasteiger partial charge in [-0.15, -0.1) is 13.2 Å². The fourth-order valence-electron chi connectivity index (χ4n) is 7.16. The predicted molar refractivity (Wildman–Crippen MR) is 152 cm³/mol. The first-order valence-corrected chi connectivity index (χ1v) is 14.6. The Morgan fingerprint density at radius 1 is 1.20 bits per heavy atom. The van der Waals surface area contributed by atoms with Crippen LogP contribution in [0.2, 0.25) is 0 Å². The molecular weight excluding hydrogens is 508 g/mol. The van der Waals surface area contributed by atoms with Crippen molar-refractivity contribution in [2.75, 3.05) is 19.8 Å². The lowest BCUT2D eigenvalue weighted by atomic mass is 9.65. The zero-order valence-corrected chi connectivity index (χ0v) is 24.1. The second-order valence-electron chi connectivity index (χ2n) is 11.5. The van der Waals surface area contributed by atoms with Crippen molar-refractivity contribution in [2.45, 2.75) is 88.6 Å². The summed E-state index contributed by atoms with van der Waals surface area (Å²) in [6.07, 6.45) is 7.45. The fraction of sp³-hybridized carbons (Fsp3) is 0.594. The van der Waals surface area contributed by atoms with Crippen molar-refractivity contribution >= 4 is 17.8 Å². The third-order valence-electron chi connectivity index (χ3n) is 9.08. The van der Waals surface area contributed by atoms with Gasteiger partial charge in [-0.1, -0.05) is 49.4 Å². The molecule has 2 bridgehead atoms. The van der Waals surface area contributed by atoms with Gasteiger partial charge in [-0.25, -0.2) is 0 Å². The zero-order valence-electron chi connectivity index (χ0n) is 24.1. The van der Waals surface area contributed by atoms with Crippen LogP contribution >= 0.6 is 0 Å². The molecule has 0 aromatic heterocycles. The standard InChI is InChI=1S/C32H44N2O6/c1-6-9-10-14-20-39-30(38)26-25-28(36)34(24(21-35)23-15-12-11-13-16-23)27(29(37)33(19-7-2)22(4)5)32(25)18-17-31(26,8-3)40-32/h6-7,11-13,15-16,22,24-27,35H,1-2,8-10,14,17-21H2,3-5H3/t24-,25+,26-,27?,31+,32?/m1/s1. The number of aliphatic hydroxyl groups is 1. The molecule has 1 N–H and O–H groups in total. The molecule has 1 spiro atoms. The highest BCUT2D eigenvalue weighted by molar-refractivity contribution is 5.99. The molecule has 3 aliphatic heterocycles. The van der Waals surface area contributed by atoms with Crippen LogP contribution in [0.4, 0.5) is 0 Å². The number of likely N-dealkylation sites (tertiary alicyclic amines) is 1. The summed E-state index contributed by atoms with van der Waals surface area (Å²) in [4.78, 5) is 45.9. The normalized spacial score (nSPS) is 29.4. The smallest absolute Gasteiger partial charge is 0.312 e. The van der Waals surface area contributed by atoms with Gasteiger partial charge in [0.15, 0.2) is 0 Å². The van der Waals surface area contributed by atoms with E-state index in [1.54, 1.807) is 11.0 Å². The maximum atomic E-state index is 14.5. The molecule has 3 aliphatic rings. The molecule has 4 rings (SSSR count). The summed E-state index contributed by atoms with van der Waals surface area (Å²) < 4.78 is 12.6. The minimum Gasteiger partial charge on any atom is -0.465 e. The van der Waals surface area contributed by atoms with Crippen LogP contribution in [0.25, 0.3) is 0 Å². The van der Waals surface area contributed by atoms with Crippen LogP contribution < -0.4 is 0 Å². The first kappa shape index (κ1) is 30.0. The maximum Gasteiger partial charge on any atom is 0.312 e. The Hall–Kier alpha value is -2.97. The minimum atomic E-state index is -1.19. The highest BCUT2D eigenvalue weighted by Gasteiger charge is 2.79. The van der Waals surface area contributed by atoms with Gasteiger partial charge in [-0.05, 0) is 57.9 Å². The summed E-state index contributed by atoms with van der Waals surface area (Å²) >= 11 is 0. The number of benzene rings is 1. The van der Waals surface area contributed by atoms with Crippen LogP contribution in [0, 0.1) is 11.8 Å². The number of unbranched alkanes of at least 4 members (excludes halogenated alkanes) is 2. The Kier molecular flexibility index (Phi) is 9.20. The molecule has 0 radical (unpaired) electrons. The number of esters is 1. The molecule has 0 aliphatic carbocycles.